The van der Waals surface area contributed by atoms with Crippen LogP contribution in [0.2, 0.25) is 0 Å². The number of phenols is 1. The highest BCUT2D eigenvalue weighted by Gasteiger charge is 2.05. The molecule has 2 aromatic carbocycles. The number of halogens is 2. The molecule has 0 heterocycles. The van der Waals surface area contributed by atoms with Crippen LogP contribution in [0, 0.1) is 11.6 Å². The Morgan fingerprint density at radius 2 is 1.73 bits per heavy atom. The Hall–Kier alpha value is -1.90. The minimum Gasteiger partial charge on any atom is -0.508 e. The van der Waals surface area contributed by atoms with E-state index in [2.05, 4.69) is 0 Å². The SMILES string of the molecule is [2H]c1c([2H])c(-c2ccc(F)cc2F)c([2H])c([2H])c1O. The van der Waals surface area contributed by atoms with Gasteiger partial charge in [-0.1, -0.05) is 12.1 Å². The summed E-state index contributed by atoms with van der Waals surface area (Å²) in [4.78, 5) is 0. The molecule has 76 valence electrons. The van der Waals surface area contributed by atoms with Crippen molar-refractivity contribution in [3.05, 3.63) is 54.0 Å². The van der Waals surface area contributed by atoms with Crippen molar-refractivity contribution >= 4 is 0 Å². The van der Waals surface area contributed by atoms with E-state index in [0.29, 0.717) is 6.07 Å². The fourth-order valence-corrected chi connectivity index (χ4v) is 1.13. The van der Waals surface area contributed by atoms with Crippen LogP contribution in [-0.4, -0.2) is 5.11 Å². The Labute approximate surface area is 91.2 Å². The summed E-state index contributed by atoms with van der Waals surface area (Å²) in [6, 6.07) is 0.0880. The third-order valence-electron chi connectivity index (χ3n) is 1.81. The first-order chi connectivity index (χ1) is 8.84. The number of aromatic hydroxyl groups is 1. The molecule has 0 radical (unpaired) electrons. The average molecular weight is 210 g/mol. The summed E-state index contributed by atoms with van der Waals surface area (Å²) in [5.41, 5.74) is -0.566. The third kappa shape index (κ3) is 1.96. The number of hydrogen-bond donors (Lipinski definition) is 1. The molecular formula is C12H8F2O. The second-order valence-electron chi connectivity index (χ2n) is 2.85. The van der Waals surface area contributed by atoms with E-state index in [-0.39, 0.29) is 11.1 Å². The smallest absolute Gasteiger partial charge is 0.133 e. The summed E-state index contributed by atoms with van der Waals surface area (Å²) in [5.74, 6) is -2.61. The lowest BCUT2D eigenvalue weighted by Gasteiger charge is -2.03. The van der Waals surface area contributed by atoms with Crippen molar-refractivity contribution in [1.82, 2.24) is 0 Å². The normalized spacial score (nSPS) is 14.0. The minimum absolute atomic E-state index is 0.251. The van der Waals surface area contributed by atoms with Crippen LogP contribution >= 0.6 is 0 Å². The largest absolute Gasteiger partial charge is 0.508 e. The van der Waals surface area contributed by atoms with Gasteiger partial charge in [-0.3, -0.25) is 0 Å². The fourth-order valence-electron chi connectivity index (χ4n) is 1.13. The van der Waals surface area contributed by atoms with E-state index < -0.39 is 41.6 Å². The summed E-state index contributed by atoms with van der Waals surface area (Å²) in [6.07, 6.45) is 0. The fraction of sp³-hybridized carbons (Fsp3) is 0. The zero-order valence-electron chi connectivity index (χ0n) is 11.4. The maximum atomic E-state index is 13.7. The first-order valence-electron chi connectivity index (χ1n) is 6.09. The molecule has 0 aliphatic heterocycles. The van der Waals surface area contributed by atoms with E-state index in [1.807, 2.05) is 0 Å². The zero-order chi connectivity index (χ0) is 14.3. The van der Waals surface area contributed by atoms with Gasteiger partial charge in [-0.15, -0.1) is 0 Å². The zero-order valence-corrected chi connectivity index (χ0v) is 7.44. The molecule has 0 spiro atoms. The van der Waals surface area contributed by atoms with Crippen LogP contribution < -0.4 is 0 Å². The molecule has 0 bridgehead atoms. The van der Waals surface area contributed by atoms with Crippen LogP contribution in [0.15, 0.2) is 42.4 Å². The van der Waals surface area contributed by atoms with Gasteiger partial charge in [0.05, 0.1) is 5.48 Å². The van der Waals surface area contributed by atoms with Crippen LogP contribution in [0.5, 0.6) is 5.75 Å². The van der Waals surface area contributed by atoms with Gasteiger partial charge in [-0.2, -0.15) is 0 Å². The molecule has 1 nitrogen and oxygen atoms in total. The van der Waals surface area contributed by atoms with Crippen molar-refractivity contribution in [2.24, 2.45) is 0 Å². The van der Waals surface area contributed by atoms with Crippen molar-refractivity contribution in [2.75, 3.05) is 0 Å². The van der Waals surface area contributed by atoms with Crippen molar-refractivity contribution < 1.29 is 19.4 Å². The van der Waals surface area contributed by atoms with Crippen molar-refractivity contribution in [3.63, 3.8) is 0 Å². The molecule has 3 heteroatoms. The topological polar surface area (TPSA) is 20.2 Å². The maximum absolute atomic E-state index is 13.7. The average Bonchev–Trinajstić information content (AvgIpc) is 2.37. The number of hydrogen-bond acceptors (Lipinski definition) is 1. The van der Waals surface area contributed by atoms with Crippen molar-refractivity contribution in [2.45, 2.75) is 0 Å². The van der Waals surface area contributed by atoms with Gasteiger partial charge in [-0.25, -0.2) is 8.78 Å². The molecule has 0 fully saturated rings. The Bertz CT molecular complexity index is 644. The highest BCUT2D eigenvalue weighted by molar-refractivity contribution is 5.64. The van der Waals surface area contributed by atoms with Crippen LogP contribution in [0.25, 0.3) is 11.1 Å². The second kappa shape index (κ2) is 3.69. The maximum Gasteiger partial charge on any atom is 0.133 e. The van der Waals surface area contributed by atoms with Gasteiger partial charge in [0.15, 0.2) is 0 Å². The standard InChI is InChI=1S/C12H8F2O/c13-9-3-6-11(12(14)7-9)8-1-4-10(15)5-2-8/h1-7,15H/i1D,2D,4D,5D. The summed E-state index contributed by atoms with van der Waals surface area (Å²) in [6.45, 7) is 0. The van der Waals surface area contributed by atoms with E-state index in [4.69, 9.17) is 5.48 Å². The molecule has 0 atom stereocenters. The molecule has 2 rings (SSSR count). The Balaban J connectivity index is 2.83. The molecule has 0 aromatic heterocycles. The van der Waals surface area contributed by atoms with Gasteiger partial charge in [0.2, 0.25) is 0 Å². The number of benzene rings is 2. The van der Waals surface area contributed by atoms with Crippen LogP contribution in [0.4, 0.5) is 8.78 Å². The third-order valence-corrected chi connectivity index (χ3v) is 1.81. The molecule has 1 N–H and O–H groups in total. The van der Waals surface area contributed by atoms with Gasteiger partial charge in [0, 0.05) is 11.6 Å². The van der Waals surface area contributed by atoms with E-state index in [9.17, 15) is 13.9 Å². The Morgan fingerprint density at radius 1 is 1.07 bits per heavy atom. The highest BCUT2D eigenvalue weighted by Crippen LogP contribution is 2.24. The molecular weight excluding hydrogens is 198 g/mol. The van der Waals surface area contributed by atoms with Crippen LogP contribution in [0.3, 0.4) is 0 Å². The number of rotatable bonds is 1. The van der Waals surface area contributed by atoms with Gasteiger partial charge < -0.3 is 5.11 Å². The van der Waals surface area contributed by atoms with E-state index >= 15 is 0 Å². The molecule has 0 amide bonds. The van der Waals surface area contributed by atoms with E-state index in [1.165, 1.54) is 0 Å². The summed E-state index contributed by atoms with van der Waals surface area (Å²) in [5, 5.41) is 9.38. The molecule has 2 aromatic rings. The Kier molecular flexibility index (Phi) is 1.44. The summed E-state index contributed by atoms with van der Waals surface area (Å²) >= 11 is 0. The quantitative estimate of drug-likeness (QED) is 0.765. The summed E-state index contributed by atoms with van der Waals surface area (Å²) in [7, 11) is 0. The van der Waals surface area contributed by atoms with Gasteiger partial charge in [-0.05, 0) is 29.8 Å². The van der Waals surface area contributed by atoms with Crippen molar-refractivity contribution in [1.29, 1.82) is 0 Å². The van der Waals surface area contributed by atoms with Gasteiger partial charge >= 0.3 is 0 Å². The molecule has 0 saturated carbocycles. The van der Waals surface area contributed by atoms with Gasteiger partial charge in [0.1, 0.15) is 17.4 Å². The minimum atomic E-state index is -0.994. The Morgan fingerprint density at radius 3 is 2.33 bits per heavy atom. The van der Waals surface area contributed by atoms with Gasteiger partial charge in [0.25, 0.3) is 0 Å². The molecule has 15 heavy (non-hydrogen) atoms. The first kappa shape index (κ1) is 5.85. The summed E-state index contributed by atoms with van der Waals surface area (Å²) < 4.78 is 56.7. The predicted molar refractivity (Wildman–Crippen MR) is 53.5 cm³/mol. The van der Waals surface area contributed by atoms with E-state index in [1.54, 1.807) is 0 Å². The lowest BCUT2D eigenvalue weighted by molar-refractivity contribution is 0.475. The molecule has 0 aliphatic carbocycles. The molecule has 0 aliphatic rings. The lowest BCUT2D eigenvalue weighted by atomic mass is 10.1. The highest BCUT2D eigenvalue weighted by atomic mass is 19.1. The monoisotopic (exact) mass is 210 g/mol. The lowest BCUT2D eigenvalue weighted by Crippen LogP contribution is -1.85. The first-order valence-corrected chi connectivity index (χ1v) is 4.09. The van der Waals surface area contributed by atoms with Crippen molar-refractivity contribution in [3.8, 4) is 16.9 Å². The van der Waals surface area contributed by atoms with Crippen LogP contribution in [0.1, 0.15) is 5.48 Å². The predicted octanol–water partition coefficient (Wildman–Crippen LogP) is 3.34. The molecule has 0 unspecified atom stereocenters. The van der Waals surface area contributed by atoms with Crippen LogP contribution in [-0.2, 0) is 0 Å². The van der Waals surface area contributed by atoms with E-state index in [0.717, 1.165) is 12.1 Å². The second-order valence-corrected chi connectivity index (χ2v) is 2.85. The number of phenolic OH excluding ortho intramolecular Hbond substituents is 1. The molecule has 0 saturated heterocycles.